The zero-order valence-electron chi connectivity index (χ0n) is 18.2. The Kier molecular flexibility index (Phi) is 6.13. The number of nitrogens with zero attached hydrogens (tertiary/aromatic N) is 6. The van der Waals surface area contributed by atoms with E-state index in [9.17, 15) is 4.79 Å². The van der Waals surface area contributed by atoms with Crippen molar-refractivity contribution in [2.24, 2.45) is 0 Å². The molecule has 4 rings (SSSR count). The van der Waals surface area contributed by atoms with Gasteiger partial charge in [-0.15, -0.1) is 5.10 Å². The third-order valence-corrected chi connectivity index (χ3v) is 6.34. The molecule has 1 aromatic carbocycles. The van der Waals surface area contributed by atoms with Crippen LogP contribution in [0.25, 0.3) is 11.1 Å². The Morgan fingerprint density at radius 2 is 2.16 bits per heavy atom. The van der Waals surface area contributed by atoms with Crippen LogP contribution in [0.2, 0.25) is 0 Å². The molecule has 31 heavy (non-hydrogen) atoms. The molecule has 3 aromatic rings. The third kappa shape index (κ3) is 4.36. The molecule has 1 atom stereocenters. The SMILES string of the molecule is COc1cccc(-c2cnc(N(C)C)nc2[C@@H]2CCCN(C(=O)c3snnc3C)C2)c1. The molecule has 1 saturated heterocycles. The Balaban J connectivity index is 1.70. The summed E-state index contributed by atoms with van der Waals surface area (Å²) in [5.41, 5.74) is 3.62. The second-order valence-corrected chi connectivity index (χ2v) is 8.63. The number of carbonyl (C=O) groups is 1. The van der Waals surface area contributed by atoms with Crippen molar-refractivity contribution in [2.45, 2.75) is 25.7 Å². The molecular weight excluding hydrogens is 412 g/mol. The Labute approximate surface area is 186 Å². The Morgan fingerprint density at radius 3 is 2.87 bits per heavy atom. The number of aromatic nitrogens is 4. The molecule has 0 radical (unpaired) electrons. The molecule has 162 valence electrons. The highest BCUT2D eigenvalue weighted by molar-refractivity contribution is 7.07. The van der Waals surface area contributed by atoms with Gasteiger partial charge in [0.25, 0.3) is 5.91 Å². The van der Waals surface area contributed by atoms with E-state index in [0.29, 0.717) is 23.1 Å². The van der Waals surface area contributed by atoms with E-state index >= 15 is 0 Å². The third-order valence-electron chi connectivity index (χ3n) is 5.53. The van der Waals surface area contributed by atoms with Gasteiger partial charge in [0.05, 0.1) is 18.5 Å². The molecule has 9 heteroatoms. The monoisotopic (exact) mass is 438 g/mol. The maximum atomic E-state index is 13.1. The number of hydrogen-bond acceptors (Lipinski definition) is 8. The molecule has 1 fully saturated rings. The smallest absolute Gasteiger partial charge is 0.267 e. The molecule has 1 amide bonds. The molecule has 1 aliphatic rings. The van der Waals surface area contributed by atoms with Gasteiger partial charge in [0.15, 0.2) is 0 Å². The van der Waals surface area contributed by atoms with Crippen molar-refractivity contribution in [2.75, 3.05) is 39.2 Å². The van der Waals surface area contributed by atoms with Crippen LogP contribution < -0.4 is 9.64 Å². The first-order valence-electron chi connectivity index (χ1n) is 10.2. The van der Waals surface area contributed by atoms with Crippen molar-refractivity contribution in [3.8, 4) is 16.9 Å². The second-order valence-electron chi connectivity index (χ2n) is 7.87. The Morgan fingerprint density at radius 1 is 1.32 bits per heavy atom. The molecule has 8 nitrogen and oxygen atoms in total. The number of carbonyl (C=O) groups excluding carboxylic acids is 1. The average molecular weight is 439 g/mol. The molecule has 0 bridgehead atoms. The Hall–Kier alpha value is -3.07. The first-order valence-corrected chi connectivity index (χ1v) is 11.0. The van der Waals surface area contributed by atoms with E-state index in [0.717, 1.165) is 53.5 Å². The number of methoxy groups -OCH3 is 1. The minimum atomic E-state index is 0.00187. The van der Waals surface area contributed by atoms with Crippen LogP contribution in [0.4, 0.5) is 5.95 Å². The molecule has 2 aromatic heterocycles. The summed E-state index contributed by atoms with van der Waals surface area (Å²) in [5.74, 6) is 1.56. The van der Waals surface area contributed by atoms with E-state index in [2.05, 4.69) is 14.6 Å². The van der Waals surface area contributed by atoms with Gasteiger partial charge in [0.2, 0.25) is 5.95 Å². The molecule has 0 N–H and O–H groups in total. The number of anilines is 1. The van der Waals surface area contributed by atoms with Gasteiger partial charge in [0.1, 0.15) is 10.6 Å². The largest absolute Gasteiger partial charge is 0.497 e. The van der Waals surface area contributed by atoms with Crippen LogP contribution in [0.1, 0.15) is 39.8 Å². The van der Waals surface area contributed by atoms with Crippen molar-refractivity contribution >= 4 is 23.4 Å². The van der Waals surface area contributed by atoms with E-state index in [1.807, 2.05) is 61.3 Å². The van der Waals surface area contributed by atoms with Gasteiger partial charge in [-0.05, 0) is 49.0 Å². The van der Waals surface area contributed by atoms with Crippen molar-refractivity contribution < 1.29 is 9.53 Å². The van der Waals surface area contributed by atoms with Gasteiger partial charge in [0, 0.05) is 44.9 Å². The lowest BCUT2D eigenvalue weighted by molar-refractivity contribution is 0.0710. The summed E-state index contributed by atoms with van der Waals surface area (Å²) in [5, 5.41) is 3.99. The summed E-state index contributed by atoms with van der Waals surface area (Å²) in [6.07, 6.45) is 3.76. The number of piperidine rings is 1. The molecular formula is C22H26N6O2S. The lowest BCUT2D eigenvalue weighted by Crippen LogP contribution is -2.39. The summed E-state index contributed by atoms with van der Waals surface area (Å²) in [4.78, 5) is 27.0. The van der Waals surface area contributed by atoms with Crippen LogP contribution in [0.5, 0.6) is 5.75 Å². The number of amides is 1. The summed E-state index contributed by atoms with van der Waals surface area (Å²) in [6.45, 7) is 3.16. The van der Waals surface area contributed by atoms with E-state index in [4.69, 9.17) is 9.72 Å². The van der Waals surface area contributed by atoms with E-state index in [-0.39, 0.29) is 11.8 Å². The molecule has 0 saturated carbocycles. The predicted octanol–water partition coefficient (Wildman–Crippen LogP) is 3.40. The van der Waals surface area contributed by atoms with Crippen molar-refractivity contribution in [1.82, 2.24) is 24.5 Å². The minimum Gasteiger partial charge on any atom is -0.497 e. The standard InChI is InChI=1S/C22H26N6O2S/c1-14-20(31-26-25-14)21(29)28-10-6-8-16(13-28)19-18(12-23-22(24-19)27(2)3)15-7-5-9-17(11-15)30-4/h5,7,9,11-12,16H,6,8,10,13H2,1-4H3/t16-/m1/s1. The number of hydrogen-bond donors (Lipinski definition) is 0. The minimum absolute atomic E-state index is 0.00187. The summed E-state index contributed by atoms with van der Waals surface area (Å²) in [6, 6.07) is 7.92. The number of benzene rings is 1. The molecule has 1 aliphatic heterocycles. The Bertz CT molecular complexity index is 1080. The zero-order valence-corrected chi connectivity index (χ0v) is 19.0. The quantitative estimate of drug-likeness (QED) is 0.604. The van der Waals surface area contributed by atoms with E-state index < -0.39 is 0 Å². The lowest BCUT2D eigenvalue weighted by atomic mass is 9.89. The fourth-order valence-corrected chi connectivity index (χ4v) is 4.51. The van der Waals surface area contributed by atoms with Gasteiger partial charge in [-0.25, -0.2) is 9.97 Å². The maximum Gasteiger partial charge on any atom is 0.267 e. The van der Waals surface area contributed by atoms with E-state index in [1.165, 1.54) is 0 Å². The lowest BCUT2D eigenvalue weighted by Gasteiger charge is -2.33. The van der Waals surface area contributed by atoms with Gasteiger partial charge in [-0.1, -0.05) is 16.6 Å². The molecule has 3 heterocycles. The van der Waals surface area contributed by atoms with Crippen LogP contribution >= 0.6 is 11.5 Å². The van der Waals surface area contributed by atoms with Crippen LogP contribution in [-0.2, 0) is 0 Å². The number of aryl methyl sites for hydroxylation is 1. The van der Waals surface area contributed by atoms with Crippen molar-refractivity contribution in [3.05, 3.63) is 46.7 Å². The topological polar surface area (TPSA) is 84.3 Å². The highest BCUT2D eigenvalue weighted by atomic mass is 32.1. The fraction of sp³-hybridized carbons (Fsp3) is 0.409. The van der Waals surface area contributed by atoms with Gasteiger partial charge in [-0.3, -0.25) is 4.79 Å². The van der Waals surface area contributed by atoms with Gasteiger partial charge < -0.3 is 14.5 Å². The number of ether oxygens (including phenoxy) is 1. The fourth-order valence-electron chi connectivity index (χ4n) is 3.88. The van der Waals surface area contributed by atoms with Crippen molar-refractivity contribution in [3.63, 3.8) is 0 Å². The zero-order chi connectivity index (χ0) is 22.0. The van der Waals surface area contributed by atoms with Crippen LogP contribution in [-0.4, -0.2) is 64.7 Å². The second kappa shape index (κ2) is 8.97. The predicted molar refractivity (Wildman–Crippen MR) is 121 cm³/mol. The molecule has 0 aliphatic carbocycles. The van der Waals surface area contributed by atoms with Crippen molar-refractivity contribution in [1.29, 1.82) is 0 Å². The first-order chi connectivity index (χ1) is 15.0. The van der Waals surface area contributed by atoms with Crippen LogP contribution in [0, 0.1) is 6.92 Å². The normalized spacial score (nSPS) is 16.3. The number of rotatable bonds is 5. The summed E-state index contributed by atoms with van der Waals surface area (Å²) >= 11 is 1.16. The average Bonchev–Trinajstić information content (AvgIpc) is 3.24. The van der Waals surface area contributed by atoms with E-state index in [1.54, 1.807) is 7.11 Å². The van der Waals surface area contributed by atoms with Crippen LogP contribution in [0.15, 0.2) is 30.5 Å². The maximum absolute atomic E-state index is 13.1. The van der Waals surface area contributed by atoms with Gasteiger partial charge >= 0.3 is 0 Å². The highest BCUT2D eigenvalue weighted by Crippen LogP contribution is 2.35. The van der Waals surface area contributed by atoms with Crippen LogP contribution in [0.3, 0.4) is 0 Å². The molecule has 0 spiro atoms. The summed E-state index contributed by atoms with van der Waals surface area (Å²) in [7, 11) is 5.52. The first kappa shape index (κ1) is 21.2. The number of likely N-dealkylation sites (tertiary alicyclic amines) is 1. The van der Waals surface area contributed by atoms with Gasteiger partial charge in [-0.2, -0.15) is 0 Å². The molecule has 0 unspecified atom stereocenters. The summed E-state index contributed by atoms with van der Waals surface area (Å²) < 4.78 is 9.33. The highest BCUT2D eigenvalue weighted by Gasteiger charge is 2.30.